The third kappa shape index (κ3) is 8.98. The molecule has 0 saturated carbocycles. The van der Waals surface area contributed by atoms with E-state index in [1.54, 1.807) is 36.4 Å². The molecule has 0 radical (unpaired) electrons. The number of amides is 1. The fraction of sp³-hybridized carbons (Fsp3) is 0.222. The van der Waals surface area contributed by atoms with Crippen LogP contribution in [0.2, 0.25) is 0 Å². The van der Waals surface area contributed by atoms with Crippen LogP contribution in [-0.2, 0) is 36.1 Å². The van der Waals surface area contributed by atoms with E-state index in [-0.39, 0.29) is 18.7 Å². The van der Waals surface area contributed by atoms with Crippen molar-refractivity contribution in [1.82, 2.24) is 19.4 Å². The topological polar surface area (TPSA) is 185 Å². The van der Waals surface area contributed by atoms with Gasteiger partial charge in [-0.05, 0) is 41.8 Å². The number of fused-ring (bicyclic) bond motifs is 1. The Balaban J connectivity index is 0.000000644. The lowest BCUT2D eigenvalue weighted by Crippen LogP contribution is -2.31. The zero-order chi connectivity index (χ0) is 34.8. The minimum absolute atomic E-state index is 0.00375. The summed E-state index contributed by atoms with van der Waals surface area (Å²) in [5.74, 6) is -4.05. The number of para-hydroxylation sites is 3. The maximum Gasteiger partial charge on any atom is 0.573 e. The van der Waals surface area contributed by atoms with Crippen LogP contribution in [0.5, 0.6) is 5.75 Å². The number of imidazole rings is 1. The molecule has 0 aliphatic carbocycles. The fourth-order valence-corrected chi connectivity index (χ4v) is 7.17. The minimum Gasteiger partial charge on any atom is -0.475 e. The van der Waals surface area contributed by atoms with Crippen LogP contribution in [0.15, 0.2) is 77.7 Å². The van der Waals surface area contributed by atoms with E-state index in [0.29, 0.717) is 22.2 Å². The number of aliphatic carboxylic acids is 1. The first kappa shape index (κ1) is 35.2. The van der Waals surface area contributed by atoms with Crippen molar-refractivity contribution < 1.29 is 62.6 Å². The summed E-state index contributed by atoms with van der Waals surface area (Å²) in [4.78, 5) is 27.3. The van der Waals surface area contributed by atoms with Crippen LogP contribution in [-0.4, -0.2) is 56.3 Å². The van der Waals surface area contributed by atoms with Crippen LogP contribution in [0, 0.1) is 0 Å². The van der Waals surface area contributed by atoms with Gasteiger partial charge < -0.3 is 14.8 Å². The Bertz CT molecular complexity index is 1960. The van der Waals surface area contributed by atoms with E-state index in [1.165, 1.54) is 24.3 Å². The smallest absolute Gasteiger partial charge is 0.475 e. The Hall–Kier alpha value is -4.69. The number of nitrogens with one attached hydrogen (secondary N) is 3. The molecule has 3 aromatic carbocycles. The summed E-state index contributed by atoms with van der Waals surface area (Å²) in [6, 6.07) is 16.4. The van der Waals surface area contributed by atoms with Gasteiger partial charge in [-0.3, -0.25) is 9.52 Å². The molecule has 0 spiro atoms. The van der Waals surface area contributed by atoms with Crippen molar-refractivity contribution in [3.63, 3.8) is 0 Å². The van der Waals surface area contributed by atoms with Gasteiger partial charge in [0.25, 0.3) is 0 Å². The maximum absolute atomic E-state index is 13.4. The molecule has 47 heavy (non-hydrogen) atoms. The summed E-state index contributed by atoms with van der Waals surface area (Å²) >= 11 is 0. The largest absolute Gasteiger partial charge is 0.573 e. The van der Waals surface area contributed by atoms with Crippen LogP contribution in [0.1, 0.15) is 34.7 Å². The van der Waals surface area contributed by atoms with Gasteiger partial charge in [-0.15, -0.1) is 13.2 Å². The molecular weight excluding hydrogens is 686 g/mol. The number of H-pyrrole nitrogens is 1. The molecule has 1 unspecified atom stereocenters. The van der Waals surface area contributed by atoms with E-state index in [0.717, 1.165) is 12.1 Å². The number of carboxylic acid groups (broad SMARTS) is 1. The number of alkyl halides is 6. The van der Waals surface area contributed by atoms with Crippen molar-refractivity contribution >= 4 is 43.0 Å². The lowest BCUT2D eigenvalue weighted by Gasteiger charge is -2.19. The standard InChI is InChI=1S/C25H21F3N4O6S2.C2HF3O2/c26-25(27,28)38-20-7-3-4-8-21(20)39(34,35)31-19(24-29-17-5-1-2-6-18(17)30-24)13-15-9-11-16(12-10-15)22-14-23(33)32-40(22,36)37;3-2(4,5)1(6)7/h1-12,19,22,31H,13-14H2,(H,29,30)(H,32,33);(H,6,7)/t19-,22?;/m0./s1. The van der Waals surface area contributed by atoms with Crippen LogP contribution in [0.4, 0.5) is 26.3 Å². The van der Waals surface area contributed by atoms with Crippen LogP contribution in [0.25, 0.3) is 11.0 Å². The molecule has 1 aliphatic rings. The highest BCUT2D eigenvalue weighted by molar-refractivity contribution is 7.90. The molecule has 20 heteroatoms. The van der Waals surface area contributed by atoms with Gasteiger partial charge in [-0.25, -0.2) is 31.3 Å². The van der Waals surface area contributed by atoms with Crippen LogP contribution in [0.3, 0.4) is 0 Å². The monoisotopic (exact) mass is 708 g/mol. The van der Waals surface area contributed by atoms with Crippen molar-refractivity contribution in [2.45, 2.75) is 41.6 Å². The maximum atomic E-state index is 13.4. The van der Waals surface area contributed by atoms with Crippen LogP contribution < -0.4 is 14.2 Å². The molecular formula is C27H22F6N4O8S2. The third-order valence-corrected chi connectivity index (χ3v) is 9.65. The molecule has 252 valence electrons. The van der Waals surface area contributed by atoms with Gasteiger partial charge in [0, 0.05) is 0 Å². The summed E-state index contributed by atoms with van der Waals surface area (Å²) < 4.78 is 130. The molecule has 1 aliphatic heterocycles. The number of hydrogen-bond acceptors (Lipinski definition) is 8. The van der Waals surface area contributed by atoms with Crippen molar-refractivity contribution in [1.29, 1.82) is 0 Å². The molecule has 2 atom stereocenters. The molecule has 5 rings (SSSR count). The van der Waals surface area contributed by atoms with Gasteiger partial charge in [0.1, 0.15) is 21.7 Å². The highest BCUT2D eigenvalue weighted by Gasteiger charge is 2.39. The Labute approximate surface area is 261 Å². The summed E-state index contributed by atoms with van der Waals surface area (Å²) in [6.07, 6.45) is -10.4. The summed E-state index contributed by atoms with van der Waals surface area (Å²) in [6.45, 7) is 0. The summed E-state index contributed by atoms with van der Waals surface area (Å²) in [7, 11) is -8.42. The van der Waals surface area contributed by atoms with Crippen molar-refractivity contribution in [2.75, 3.05) is 0 Å². The second-order valence-electron chi connectivity index (χ2n) is 9.82. The zero-order valence-corrected chi connectivity index (χ0v) is 25.0. The van der Waals surface area contributed by atoms with Gasteiger partial charge in [-0.2, -0.15) is 13.2 Å². The van der Waals surface area contributed by atoms with Crippen LogP contribution >= 0.6 is 0 Å². The Kier molecular flexibility index (Phi) is 9.88. The zero-order valence-electron chi connectivity index (χ0n) is 23.3. The lowest BCUT2D eigenvalue weighted by molar-refractivity contribution is -0.275. The number of sulfonamides is 2. The average Bonchev–Trinajstić information content (AvgIpc) is 3.51. The molecule has 1 amide bonds. The average molecular weight is 709 g/mol. The number of nitrogens with zero attached hydrogens (tertiary/aromatic N) is 1. The number of aromatic amines is 1. The molecule has 2 heterocycles. The van der Waals surface area contributed by atoms with E-state index >= 15 is 0 Å². The van der Waals surface area contributed by atoms with Gasteiger partial charge in [0.2, 0.25) is 26.0 Å². The first-order valence-corrected chi connectivity index (χ1v) is 16.0. The molecule has 4 N–H and O–H groups in total. The molecule has 0 bridgehead atoms. The van der Waals surface area contributed by atoms with Crippen molar-refractivity contribution in [3.05, 3.63) is 89.7 Å². The molecule has 1 aromatic heterocycles. The van der Waals surface area contributed by atoms with Gasteiger partial charge in [0.15, 0.2) is 0 Å². The molecule has 4 aromatic rings. The number of rotatable bonds is 8. The highest BCUT2D eigenvalue weighted by Crippen LogP contribution is 2.33. The Morgan fingerprint density at radius 1 is 1.00 bits per heavy atom. The Morgan fingerprint density at radius 2 is 1.60 bits per heavy atom. The number of carboxylic acids is 1. The predicted molar refractivity (Wildman–Crippen MR) is 151 cm³/mol. The fourth-order valence-electron chi connectivity index (χ4n) is 4.41. The van der Waals surface area contributed by atoms with E-state index in [9.17, 15) is 48.0 Å². The first-order chi connectivity index (χ1) is 21.7. The quantitative estimate of drug-likeness (QED) is 0.194. The number of ether oxygens (including phenoxy) is 1. The number of carbonyl (C=O) groups excluding carboxylic acids is 1. The first-order valence-electron chi connectivity index (χ1n) is 13.0. The molecule has 1 saturated heterocycles. The second-order valence-corrected chi connectivity index (χ2v) is 13.4. The SMILES string of the molecule is O=C(O)C(F)(F)F.O=C1CC(c2ccc(C[C@H](NS(=O)(=O)c3ccccc3OC(F)(F)F)c3nc4ccccc4[nH]3)cc2)S(=O)(=O)N1. The number of aromatic nitrogens is 2. The lowest BCUT2D eigenvalue weighted by atomic mass is 10.0. The summed E-state index contributed by atoms with van der Waals surface area (Å²) in [5, 5.41) is 6.07. The molecule has 1 fully saturated rings. The second kappa shape index (κ2) is 13.2. The number of halogens is 6. The molecule has 12 nitrogen and oxygen atoms in total. The summed E-state index contributed by atoms with van der Waals surface area (Å²) in [5.41, 5.74) is 2.09. The number of benzene rings is 3. The predicted octanol–water partition coefficient (Wildman–Crippen LogP) is 4.25. The van der Waals surface area contributed by atoms with E-state index < -0.39 is 66.4 Å². The Morgan fingerprint density at radius 3 is 2.15 bits per heavy atom. The van der Waals surface area contributed by atoms with E-state index in [1.807, 2.05) is 4.72 Å². The minimum atomic E-state index is -5.11. The van der Waals surface area contributed by atoms with E-state index in [4.69, 9.17) is 9.90 Å². The van der Waals surface area contributed by atoms with Gasteiger partial charge >= 0.3 is 18.5 Å². The van der Waals surface area contributed by atoms with E-state index in [2.05, 4.69) is 19.4 Å². The number of hydrogen-bond donors (Lipinski definition) is 4. The van der Waals surface area contributed by atoms with Crippen molar-refractivity contribution in [2.24, 2.45) is 0 Å². The normalized spacial score (nSPS) is 17.0. The van der Waals surface area contributed by atoms with Gasteiger partial charge in [-0.1, -0.05) is 48.5 Å². The van der Waals surface area contributed by atoms with Crippen molar-refractivity contribution in [3.8, 4) is 5.75 Å². The number of carbonyl (C=O) groups is 2. The highest BCUT2D eigenvalue weighted by atomic mass is 32.2. The van der Waals surface area contributed by atoms with Gasteiger partial charge in [0.05, 0.1) is 23.5 Å². The third-order valence-electron chi connectivity index (χ3n) is 6.43.